The minimum absolute atomic E-state index is 0.140. The van der Waals surface area contributed by atoms with Crippen LogP contribution in [0.1, 0.15) is 12.8 Å². The molecule has 6 heteroatoms. The van der Waals surface area contributed by atoms with Crippen molar-refractivity contribution < 1.29 is 0 Å². The van der Waals surface area contributed by atoms with Gasteiger partial charge in [-0.15, -0.1) is 0 Å². The second-order valence-electron chi connectivity index (χ2n) is 5.94. The molecule has 4 rings (SSSR count). The minimum Gasteiger partial charge on any atom is -0.397 e. The first-order chi connectivity index (χ1) is 10.2. The van der Waals surface area contributed by atoms with Crippen LogP contribution in [0.15, 0.2) is 23.3 Å². The van der Waals surface area contributed by atoms with E-state index in [1.807, 2.05) is 6.07 Å². The molecule has 0 radical (unpaired) electrons. The summed E-state index contributed by atoms with van der Waals surface area (Å²) in [4.78, 5) is 23.5. The topological polar surface area (TPSA) is 78.2 Å². The summed E-state index contributed by atoms with van der Waals surface area (Å²) < 4.78 is 0. The van der Waals surface area contributed by atoms with Crippen LogP contribution in [0.2, 0.25) is 0 Å². The van der Waals surface area contributed by atoms with Gasteiger partial charge >= 0.3 is 0 Å². The molecule has 1 aromatic carbocycles. The summed E-state index contributed by atoms with van der Waals surface area (Å²) in [6.07, 6.45) is 4.00. The number of hydrogen-bond acceptors (Lipinski definition) is 5. The van der Waals surface area contributed by atoms with Crippen molar-refractivity contribution in [2.45, 2.75) is 18.9 Å². The molecule has 2 aliphatic rings. The highest BCUT2D eigenvalue weighted by Gasteiger charge is 2.31. The SMILES string of the molecule is Nc1cc2c(=O)[nH]cnc2cc1N1CCN2CCCC2C1. The number of anilines is 2. The third-order valence-electron chi connectivity index (χ3n) is 4.72. The van der Waals surface area contributed by atoms with E-state index in [1.54, 1.807) is 6.07 Å². The van der Waals surface area contributed by atoms with Crippen molar-refractivity contribution in [1.82, 2.24) is 14.9 Å². The van der Waals surface area contributed by atoms with Crippen LogP contribution in [0.5, 0.6) is 0 Å². The fraction of sp³-hybridized carbons (Fsp3) is 0.467. The maximum Gasteiger partial charge on any atom is 0.258 e. The van der Waals surface area contributed by atoms with Gasteiger partial charge in [-0.3, -0.25) is 9.69 Å². The highest BCUT2D eigenvalue weighted by molar-refractivity contribution is 5.88. The lowest BCUT2D eigenvalue weighted by atomic mass is 10.1. The van der Waals surface area contributed by atoms with Crippen LogP contribution < -0.4 is 16.2 Å². The predicted octanol–water partition coefficient (Wildman–Crippen LogP) is 0.790. The second-order valence-corrected chi connectivity index (χ2v) is 5.94. The van der Waals surface area contributed by atoms with Crippen molar-refractivity contribution in [2.75, 3.05) is 36.8 Å². The molecule has 0 saturated carbocycles. The number of aromatic amines is 1. The average Bonchev–Trinajstić information content (AvgIpc) is 2.95. The molecular formula is C15H19N5O. The predicted molar refractivity (Wildman–Crippen MR) is 83.6 cm³/mol. The van der Waals surface area contributed by atoms with Crippen molar-refractivity contribution >= 4 is 22.3 Å². The van der Waals surface area contributed by atoms with Crippen LogP contribution in [0.4, 0.5) is 11.4 Å². The monoisotopic (exact) mass is 285 g/mol. The Morgan fingerprint density at radius 3 is 3.10 bits per heavy atom. The molecule has 3 heterocycles. The molecule has 21 heavy (non-hydrogen) atoms. The molecule has 0 amide bonds. The molecule has 2 saturated heterocycles. The molecule has 2 fully saturated rings. The lowest BCUT2D eigenvalue weighted by molar-refractivity contribution is 0.231. The first kappa shape index (κ1) is 12.6. The van der Waals surface area contributed by atoms with Crippen LogP contribution in [-0.2, 0) is 0 Å². The summed E-state index contributed by atoms with van der Waals surface area (Å²) in [5, 5.41) is 0.554. The Labute approximate surface area is 122 Å². The normalized spacial score (nSPS) is 22.7. The summed E-state index contributed by atoms with van der Waals surface area (Å²) >= 11 is 0. The molecule has 3 N–H and O–H groups in total. The number of rotatable bonds is 1. The number of H-pyrrole nitrogens is 1. The third kappa shape index (κ3) is 2.06. The highest BCUT2D eigenvalue weighted by Crippen LogP contribution is 2.31. The molecule has 0 bridgehead atoms. The van der Waals surface area contributed by atoms with E-state index in [2.05, 4.69) is 19.8 Å². The van der Waals surface area contributed by atoms with Crippen LogP contribution in [0.3, 0.4) is 0 Å². The number of nitrogens with one attached hydrogen (secondary N) is 1. The van der Waals surface area contributed by atoms with Gasteiger partial charge < -0.3 is 15.6 Å². The van der Waals surface area contributed by atoms with Gasteiger partial charge in [0.1, 0.15) is 0 Å². The number of nitrogen functional groups attached to an aromatic ring is 1. The summed E-state index contributed by atoms with van der Waals surface area (Å²) in [6, 6.07) is 4.34. The second kappa shape index (κ2) is 4.73. The van der Waals surface area contributed by atoms with Gasteiger partial charge in [-0.25, -0.2) is 4.98 Å². The summed E-state index contributed by atoms with van der Waals surface area (Å²) in [7, 11) is 0. The minimum atomic E-state index is -0.140. The van der Waals surface area contributed by atoms with Gasteiger partial charge in [-0.1, -0.05) is 0 Å². The Bertz CT molecular complexity index is 740. The van der Waals surface area contributed by atoms with Crippen LogP contribution in [0.25, 0.3) is 10.9 Å². The fourth-order valence-corrected chi connectivity index (χ4v) is 3.60. The number of benzene rings is 1. The molecule has 2 aromatic rings. The van der Waals surface area contributed by atoms with E-state index in [-0.39, 0.29) is 5.56 Å². The van der Waals surface area contributed by atoms with Gasteiger partial charge in [-0.2, -0.15) is 0 Å². The zero-order chi connectivity index (χ0) is 14.4. The summed E-state index contributed by atoms with van der Waals surface area (Å²) in [5.41, 5.74) is 8.42. The lowest BCUT2D eigenvalue weighted by Gasteiger charge is -2.39. The highest BCUT2D eigenvalue weighted by atomic mass is 16.1. The maximum atomic E-state index is 11.8. The fourth-order valence-electron chi connectivity index (χ4n) is 3.60. The Morgan fingerprint density at radius 1 is 1.29 bits per heavy atom. The van der Waals surface area contributed by atoms with E-state index in [4.69, 9.17) is 5.73 Å². The van der Waals surface area contributed by atoms with E-state index in [0.29, 0.717) is 22.6 Å². The number of fused-ring (bicyclic) bond motifs is 2. The van der Waals surface area contributed by atoms with Crippen molar-refractivity contribution in [3.05, 3.63) is 28.8 Å². The first-order valence-corrected chi connectivity index (χ1v) is 7.48. The summed E-state index contributed by atoms with van der Waals surface area (Å²) in [6.45, 7) is 4.31. The summed E-state index contributed by atoms with van der Waals surface area (Å²) in [5.74, 6) is 0. The molecule has 110 valence electrons. The molecule has 6 nitrogen and oxygen atoms in total. The van der Waals surface area contributed by atoms with Gasteiger partial charge in [0.25, 0.3) is 5.56 Å². The quantitative estimate of drug-likeness (QED) is 0.757. The van der Waals surface area contributed by atoms with Gasteiger partial charge in [0.15, 0.2) is 0 Å². The van der Waals surface area contributed by atoms with Crippen LogP contribution in [0, 0.1) is 0 Å². The van der Waals surface area contributed by atoms with Gasteiger partial charge in [0.05, 0.1) is 28.6 Å². The molecule has 1 unspecified atom stereocenters. The number of aromatic nitrogens is 2. The van der Waals surface area contributed by atoms with E-state index in [9.17, 15) is 4.79 Å². The van der Waals surface area contributed by atoms with E-state index in [0.717, 1.165) is 25.3 Å². The largest absolute Gasteiger partial charge is 0.397 e. The zero-order valence-electron chi connectivity index (χ0n) is 11.9. The van der Waals surface area contributed by atoms with Gasteiger partial charge in [-0.05, 0) is 31.5 Å². The molecule has 0 spiro atoms. The van der Waals surface area contributed by atoms with Crippen molar-refractivity contribution in [1.29, 1.82) is 0 Å². The Hall–Kier alpha value is -2.08. The first-order valence-electron chi connectivity index (χ1n) is 7.48. The molecular weight excluding hydrogens is 266 g/mol. The number of hydrogen-bond donors (Lipinski definition) is 2. The molecule has 1 atom stereocenters. The maximum absolute atomic E-state index is 11.8. The van der Waals surface area contributed by atoms with Crippen LogP contribution >= 0.6 is 0 Å². The third-order valence-corrected chi connectivity index (χ3v) is 4.72. The van der Waals surface area contributed by atoms with E-state index < -0.39 is 0 Å². The Kier molecular flexibility index (Phi) is 2.85. The van der Waals surface area contributed by atoms with Crippen LogP contribution in [-0.4, -0.2) is 47.1 Å². The number of piperazine rings is 1. The van der Waals surface area contributed by atoms with Gasteiger partial charge in [0, 0.05) is 25.7 Å². The lowest BCUT2D eigenvalue weighted by Crippen LogP contribution is -2.50. The zero-order valence-corrected chi connectivity index (χ0v) is 11.9. The van der Waals surface area contributed by atoms with Crippen molar-refractivity contribution in [2.24, 2.45) is 0 Å². The molecule has 2 aliphatic heterocycles. The van der Waals surface area contributed by atoms with Gasteiger partial charge in [0.2, 0.25) is 0 Å². The number of nitrogens with zero attached hydrogens (tertiary/aromatic N) is 3. The standard InChI is InChI=1S/C15H19N5O/c16-12-6-11-13(17-9-18-15(11)21)7-14(12)20-5-4-19-3-1-2-10(19)8-20/h6-7,9-10H,1-5,8,16H2,(H,17,18,21). The van der Waals surface area contributed by atoms with Crippen molar-refractivity contribution in [3.63, 3.8) is 0 Å². The number of nitrogens with two attached hydrogens (primary N) is 1. The molecule has 0 aliphatic carbocycles. The van der Waals surface area contributed by atoms with E-state index in [1.165, 1.54) is 25.7 Å². The Balaban J connectivity index is 1.73. The average molecular weight is 285 g/mol. The molecule has 1 aromatic heterocycles. The smallest absolute Gasteiger partial charge is 0.258 e. The Morgan fingerprint density at radius 2 is 2.19 bits per heavy atom. The van der Waals surface area contributed by atoms with Crippen molar-refractivity contribution in [3.8, 4) is 0 Å². The van der Waals surface area contributed by atoms with E-state index >= 15 is 0 Å².